The molecular weight excluding hydrogens is 212 g/mol. The topological polar surface area (TPSA) is 56.7 Å². The lowest BCUT2D eigenvalue weighted by atomic mass is 10.2. The fraction of sp³-hybridized carbons (Fsp3) is 0.0769. The molecule has 0 aliphatic heterocycles. The molecule has 4 nitrogen and oxygen atoms in total. The Morgan fingerprint density at radius 1 is 1.18 bits per heavy atom. The van der Waals surface area contributed by atoms with Crippen molar-refractivity contribution in [1.29, 1.82) is 0 Å². The second kappa shape index (κ2) is 3.59. The van der Waals surface area contributed by atoms with Gasteiger partial charge in [0, 0.05) is 23.3 Å². The largest absolute Gasteiger partial charge is 0.398 e. The van der Waals surface area contributed by atoms with Gasteiger partial charge >= 0.3 is 0 Å². The van der Waals surface area contributed by atoms with E-state index in [0.29, 0.717) is 0 Å². The van der Waals surface area contributed by atoms with Gasteiger partial charge in [-0.1, -0.05) is 18.2 Å². The average molecular weight is 224 g/mol. The third-order valence-corrected chi connectivity index (χ3v) is 2.82. The lowest BCUT2D eigenvalue weighted by molar-refractivity contribution is 0.873. The van der Waals surface area contributed by atoms with Gasteiger partial charge in [-0.05, 0) is 18.6 Å². The molecule has 3 aromatic rings. The number of nitrogens with zero attached hydrogens (tertiary/aromatic N) is 3. The van der Waals surface area contributed by atoms with Crippen molar-refractivity contribution >= 4 is 16.6 Å². The van der Waals surface area contributed by atoms with Crippen molar-refractivity contribution in [3.8, 4) is 5.82 Å². The Labute approximate surface area is 98.7 Å². The van der Waals surface area contributed by atoms with Crippen molar-refractivity contribution in [2.24, 2.45) is 0 Å². The molecule has 0 unspecified atom stereocenters. The average Bonchev–Trinajstić information content (AvgIpc) is 2.76. The summed E-state index contributed by atoms with van der Waals surface area (Å²) in [4.78, 5) is 4.35. The molecule has 0 saturated heterocycles. The van der Waals surface area contributed by atoms with Crippen LogP contribution in [0.1, 0.15) is 5.56 Å². The summed E-state index contributed by atoms with van der Waals surface area (Å²) in [5.41, 5.74) is 8.63. The van der Waals surface area contributed by atoms with E-state index in [4.69, 9.17) is 5.73 Å². The van der Waals surface area contributed by atoms with Gasteiger partial charge in [-0.2, -0.15) is 5.10 Å². The maximum atomic E-state index is 5.89. The van der Waals surface area contributed by atoms with E-state index in [1.165, 1.54) is 0 Å². The van der Waals surface area contributed by atoms with Crippen LogP contribution in [-0.4, -0.2) is 14.8 Å². The van der Waals surface area contributed by atoms with E-state index in [2.05, 4.69) is 10.1 Å². The van der Waals surface area contributed by atoms with Crippen molar-refractivity contribution in [2.75, 3.05) is 5.73 Å². The standard InChI is InChI=1S/C13H12N4/c1-9-7-15-13(6-11(9)14)17-12-5-3-2-4-10(12)8-16-17/h2-8H,1H3,(H2,14,15). The molecule has 0 atom stereocenters. The van der Waals surface area contributed by atoms with Gasteiger partial charge in [-0.25, -0.2) is 9.67 Å². The lowest BCUT2D eigenvalue weighted by Gasteiger charge is -2.05. The summed E-state index contributed by atoms with van der Waals surface area (Å²) in [6, 6.07) is 9.86. The van der Waals surface area contributed by atoms with E-state index in [1.807, 2.05) is 43.5 Å². The summed E-state index contributed by atoms with van der Waals surface area (Å²) in [6.45, 7) is 1.94. The molecule has 17 heavy (non-hydrogen) atoms. The highest BCUT2D eigenvalue weighted by molar-refractivity contribution is 5.79. The molecule has 2 aromatic heterocycles. The summed E-state index contributed by atoms with van der Waals surface area (Å²) in [5, 5.41) is 5.43. The summed E-state index contributed by atoms with van der Waals surface area (Å²) < 4.78 is 1.80. The first-order chi connectivity index (χ1) is 8.25. The number of benzene rings is 1. The van der Waals surface area contributed by atoms with E-state index in [0.717, 1.165) is 28.0 Å². The molecule has 2 N–H and O–H groups in total. The molecule has 4 heteroatoms. The normalized spacial score (nSPS) is 10.9. The van der Waals surface area contributed by atoms with E-state index in [-0.39, 0.29) is 0 Å². The van der Waals surface area contributed by atoms with Crippen LogP contribution >= 0.6 is 0 Å². The minimum Gasteiger partial charge on any atom is -0.398 e. The zero-order chi connectivity index (χ0) is 11.8. The first-order valence-corrected chi connectivity index (χ1v) is 5.41. The molecule has 0 bridgehead atoms. The molecule has 0 spiro atoms. The number of rotatable bonds is 1. The van der Waals surface area contributed by atoms with Crippen LogP contribution < -0.4 is 5.73 Å². The van der Waals surface area contributed by atoms with Crippen LogP contribution in [0.2, 0.25) is 0 Å². The summed E-state index contributed by atoms with van der Waals surface area (Å²) >= 11 is 0. The van der Waals surface area contributed by atoms with Gasteiger partial charge in [0.15, 0.2) is 5.82 Å². The van der Waals surface area contributed by atoms with E-state index in [9.17, 15) is 0 Å². The van der Waals surface area contributed by atoms with Crippen molar-refractivity contribution in [3.05, 3.63) is 48.3 Å². The second-order valence-electron chi connectivity index (χ2n) is 4.01. The predicted molar refractivity (Wildman–Crippen MR) is 68.0 cm³/mol. The lowest BCUT2D eigenvalue weighted by Crippen LogP contribution is -2.01. The van der Waals surface area contributed by atoms with Crippen LogP contribution in [-0.2, 0) is 0 Å². The Morgan fingerprint density at radius 3 is 2.82 bits per heavy atom. The minimum absolute atomic E-state index is 0.731. The van der Waals surface area contributed by atoms with Crippen LogP contribution in [0.3, 0.4) is 0 Å². The molecule has 0 aliphatic carbocycles. The van der Waals surface area contributed by atoms with Gasteiger partial charge in [0.2, 0.25) is 0 Å². The molecule has 0 fully saturated rings. The maximum Gasteiger partial charge on any atom is 0.156 e. The first kappa shape index (κ1) is 9.84. The smallest absolute Gasteiger partial charge is 0.156 e. The van der Waals surface area contributed by atoms with Gasteiger partial charge in [0.25, 0.3) is 0 Å². The minimum atomic E-state index is 0.731. The SMILES string of the molecule is Cc1cnc(-n2ncc3ccccc32)cc1N. The number of hydrogen-bond acceptors (Lipinski definition) is 3. The van der Waals surface area contributed by atoms with E-state index in [1.54, 1.807) is 10.9 Å². The number of aromatic nitrogens is 3. The Balaban J connectivity index is 2.24. The fourth-order valence-electron chi connectivity index (χ4n) is 1.80. The van der Waals surface area contributed by atoms with Crippen molar-refractivity contribution in [1.82, 2.24) is 14.8 Å². The Kier molecular flexibility index (Phi) is 2.08. The Bertz CT molecular complexity index is 685. The number of pyridine rings is 1. The van der Waals surface area contributed by atoms with Gasteiger partial charge in [-0.15, -0.1) is 0 Å². The number of para-hydroxylation sites is 1. The fourth-order valence-corrected chi connectivity index (χ4v) is 1.80. The highest BCUT2D eigenvalue weighted by Gasteiger charge is 2.06. The molecule has 0 radical (unpaired) electrons. The second-order valence-corrected chi connectivity index (χ2v) is 4.01. The highest BCUT2D eigenvalue weighted by atomic mass is 15.3. The number of nitrogens with two attached hydrogens (primary N) is 1. The Morgan fingerprint density at radius 2 is 2.00 bits per heavy atom. The van der Waals surface area contributed by atoms with Gasteiger partial charge in [0.1, 0.15) is 0 Å². The zero-order valence-corrected chi connectivity index (χ0v) is 9.46. The molecule has 0 aliphatic rings. The van der Waals surface area contributed by atoms with Crippen LogP contribution in [0.25, 0.3) is 16.7 Å². The molecular formula is C13H12N4. The number of hydrogen-bond donors (Lipinski definition) is 1. The molecule has 3 rings (SSSR count). The molecule has 0 saturated carbocycles. The summed E-state index contributed by atoms with van der Waals surface area (Å²) in [7, 11) is 0. The van der Waals surface area contributed by atoms with Gasteiger partial charge in [0.05, 0.1) is 11.7 Å². The van der Waals surface area contributed by atoms with Crippen LogP contribution in [0.5, 0.6) is 0 Å². The van der Waals surface area contributed by atoms with Gasteiger partial charge in [-0.3, -0.25) is 0 Å². The summed E-state index contributed by atoms with van der Waals surface area (Å²) in [5.74, 6) is 0.745. The number of nitrogen functional groups attached to an aromatic ring is 1. The molecule has 0 amide bonds. The zero-order valence-electron chi connectivity index (χ0n) is 9.46. The predicted octanol–water partition coefficient (Wildman–Crippen LogP) is 2.31. The first-order valence-electron chi connectivity index (χ1n) is 5.41. The molecule has 1 aromatic carbocycles. The monoisotopic (exact) mass is 224 g/mol. The van der Waals surface area contributed by atoms with Crippen molar-refractivity contribution in [2.45, 2.75) is 6.92 Å². The maximum absolute atomic E-state index is 5.89. The number of aryl methyl sites for hydroxylation is 1. The van der Waals surface area contributed by atoms with E-state index >= 15 is 0 Å². The van der Waals surface area contributed by atoms with Crippen LogP contribution in [0, 0.1) is 6.92 Å². The van der Waals surface area contributed by atoms with Crippen molar-refractivity contribution in [3.63, 3.8) is 0 Å². The third-order valence-electron chi connectivity index (χ3n) is 2.82. The third kappa shape index (κ3) is 1.54. The number of anilines is 1. The summed E-state index contributed by atoms with van der Waals surface area (Å²) in [6.07, 6.45) is 3.59. The van der Waals surface area contributed by atoms with Gasteiger partial charge < -0.3 is 5.73 Å². The van der Waals surface area contributed by atoms with Crippen LogP contribution in [0.15, 0.2) is 42.7 Å². The van der Waals surface area contributed by atoms with E-state index < -0.39 is 0 Å². The quantitative estimate of drug-likeness (QED) is 0.690. The van der Waals surface area contributed by atoms with Crippen molar-refractivity contribution < 1.29 is 0 Å². The van der Waals surface area contributed by atoms with Crippen LogP contribution in [0.4, 0.5) is 5.69 Å². The molecule has 84 valence electrons. The molecule has 2 heterocycles. The highest BCUT2D eigenvalue weighted by Crippen LogP contribution is 2.19. The number of fused-ring (bicyclic) bond motifs is 1. The Hall–Kier alpha value is -2.36.